The molecule has 0 aliphatic carbocycles. The quantitative estimate of drug-likeness (QED) is 0.588. The minimum Gasteiger partial charge on any atom is -0.271 e. The smallest absolute Gasteiger partial charge is 0.0480 e. The van der Waals surface area contributed by atoms with Gasteiger partial charge in [-0.15, -0.1) is 0 Å². The number of pyridine rings is 1. The van der Waals surface area contributed by atoms with Crippen molar-refractivity contribution in [3.05, 3.63) is 29.1 Å². The Morgan fingerprint density at radius 1 is 1.24 bits per heavy atom. The van der Waals surface area contributed by atoms with E-state index >= 15 is 0 Å². The molecule has 1 atom stereocenters. The van der Waals surface area contributed by atoms with Gasteiger partial charge in [-0.3, -0.25) is 16.3 Å². The maximum atomic E-state index is 5.69. The average Bonchev–Trinajstić information content (AvgIpc) is 2.32. The van der Waals surface area contributed by atoms with E-state index in [1.54, 1.807) is 0 Å². The molecule has 0 aromatic carbocycles. The number of nitrogens with one attached hydrogen (secondary N) is 1. The molecule has 0 spiro atoms. The molecular formula is C14H25N3. The molecule has 1 heterocycles. The Labute approximate surface area is 105 Å². The van der Waals surface area contributed by atoms with E-state index in [1.807, 2.05) is 6.92 Å². The summed E-state index contributed by atoms with van der Waals surface area (Å²) in [5.41, 5.74) is 6.31. The van der Waals surface area contributed by atoms with Gasteiger partial charge in [0, 0.05) is 17.4 Å². The van der Waals surface area contributed by atoms with Crippen LogP contribution in [0.15, 0.2) is 12.1 Å². The fraction of sp³-hybridized carbons (Fsp3) is 0.643. The van der Waals surface area contributed by atoms with E-state index in [9.17, 15) is 0 Å². The van der Waals surface area contributed by atoms with E-state index in [4.69, 9.17) is 5.84 Å². The maximum Gasteiger partial charge on any atom is 0.0480 e. The van der Waals surface area contributed by atoms with Crippen molar-refractivity contribution in [1.82, 2.24) is 10.4 Å². The van der Waals surface area contributed by atoms with E-state index in [1.165, 1.54) is 18.4 Å². The fourth-order valence-corrected chi connectivity index (χ4v) is 2.31. The normalized spacial score (nSPS) is 13.1. The lowest BCUT2D eigenvalue weighted by molar-refractivity contribution is 0.373. The summed E-state index contributed by atoms with van der Waals surface area (Å²) in [6, 6.07) is 4.41. The van der Waals surface area contributed by atoms with Gasteiger partial charge in [0.25, 0.3) is 0 Å². The van der Waals surface area contributed by atoms with Crippen LogP contribution >= 0.6 is 0 Å². The number of aromatic nitrogens is 1. The first-order valence-corrected chi connectivity index (χ1v) is 6.52. The molecule has 96 valence electrons. The fourth-order valence-electron chi connectivity index (χ4n) is 2.31. The highest BCUT2D eigenvalue weighted by Crippen LogP contribution is 2.26. The summed E-state index contributed by atoms with van der Waals surface area (Å²) in [5.74, 6) is 6.41. The monoisotopic (exact) mass is 235 g/mol. The second kappa shape index (κ2) is 6.72. The Morgan fingerprint density at radius 3 is 2.35 bits per heavy atom. The Hall–Kier alpha value is -0.930. The van der Waals surface area contributed by atoms with E-state index in [0.29, 0.717) is 0 Å². The third-order valence-electron chi connectivity index (χ3n) is 3.57. The zero-order valence-electron chi connectivity index (χ0n) is 11.5. The van der Waals surface area contributed by atoms with Crippen molar-refractivity contribution in [2.24, 2.45) is 11.8 Å². The summed E-state index contributed by atoms with van der Waals surface area (Å²) in [5, 5.41) is 0. The SMILES string of the molecule is CCC(CC)CC(NN)c1ccc(C)nc1C. The first-order valence-electron chi connectivity index (χ1n) is 6.52. The van der Waals surface area contributed by atoms with Gasteiger partial charge in [-0.05, 0) is 37.8 Å². The largest absolute Gasteiger partial charge is 0.271 e. The van der Waals surface area contributed by atoms with E-state index < -0.39 is 0 Å². The van der Waals surface area contributed by atoms with Crippen LogP contribution in [0.25, 0.3) is 0 Å². The summed E-state index contributed by atoms with van der Waals surface area (Å²) >= 11 is 0. The Balaban J connectivity index is 2.85. The lowest BCUT2D eigenvalue weighted by Gasteiger charge is -2.22. The number of aryl methyl sites for hydroxylation is 2. The highest BCUT2D eigenvalue weighted by atomic mass is 15.2. The van der Waals surface area contributed by atoms with Gasteiger partial charge in [-0.1, -0.05) is 32.8 Å². The first-order chi connectivity index (χ1) is 8.12. The Bertz CT molecular complexity index is 345. The van der Waals surface area contributed by atoms with Crippen molar-refractivity contribution in [1.29, 1.82) is 0 Å². The lowest BCUT2D eigenvalue weighted by Crippen LogP contribution is -2.30. The van der Waals surface area contributed by atoms with Gasteiger partial charge >= 0.3 is 0 Å². The van der Waals surface area contributed by atoms with Gasteiger partial charge in [0.1, 0.15) is 0 Å². The van der Waals surface area contributed by atoms with Crippen molar-refractivity contribution in [3.63, 3.8) is 0 Å². The molecule has 0 radical (unpaired) electrons. The van der Waals surface area contributed by atoms with Crippen LogP contribution in [0.5, 0.6) is 0 Å². The summed E-state index contributed by atoms with van der Waals surface area (Å²) in [7, 11) is 0. The summed E-state index contributed by atoms with van der Waals surface area (Å²) in [6.45, 7) is 8.55. The van der Waals surface area contributed by atoms with Crippen LogP contribution in [-0.4, -0.2) is 4.98 Å². The van der Waals surface area contributed by atoms with Crippen molar-refractivity contribution >= 4 is 0 Å². The molecule has 0 aliphatic heterocycles. The highest BCUT2D eigenvalue weighted by molar-refractivity contribution is 5.25. The van der Waals surface area contributed by atoms with Crippen LogP contribution in [0.3, 0.4) is 0 Å². The number of hydrazine groups is 1. The standard InChI is InChI=1S/C14H25N3/c1-5-12(6-2)9-14(17-15)13-8-7-10(3)16-11(13)4/h7-8,12,14,17H,5-6,9,15H2,1-4H3. The second-order valence-corrected chi connectivity index (χ2v) is 4.76. The Kier molecular flexibility index (Phi) is 5.59. The molecule has 0 fully saturated rings. The van der Waals surface area contributed by atoms with Gasteiger partial charge in [-0.2, -0.15) is 0 Å². The first kappa shape index (κ1) is 14.1. The van der Waals surface area contributed by atoms with Crippen LogP contribution in [0.2, 0.25) is 0 Å². The van der Waals surface area contributed by atoms with Crippen LogP contribution in [0.1, 0.15) is 56.1 Å². The molecule has 0 saturated carbocycles. The van der Waals surface area contributed by atoms with Crippen LogP contribution in [-0.2, 0) is 0 Å². The Morgan fingerprint density at radius 2 is 1.88 bits per heavy atom. The van der Waals surface area contributed by atoms with Gasteiger partial charge in [0.15, 0.2) is 0 Å². The number of nitrogens with zero attached hydrogens (tertiary/aromatic N) is 1. The second-order valence-electron chi connectivity index (χ2n) is 4.76. The maximum absolute atomic E-state index is 5.69. The van der Waals surface area contributed by atoms with Crippen molar-refractivity contribution < 1.29 is 0 Å². The zero-order valence-corrected chi connectivity index (χ0v) is 11.5. The highest BCUT2D eigenvalue weighted by Gasteiger charge is 2.17. The topological polar surface area (TPSA) is 50.9 Å². The molecule has 3 N–H and O–H groups in total. The summed E-state index contributed by atoms with van der Waals surface area (Å²) in [6.07, 6.45) is 3.48. The minimum atomic E-state index is 0.216. The van der Waals surface area contributed by atoms with Gasteiger partial charge in [-0.25, -0.2) is 0 Å². The molecule has 1 rings (SSSR count). The van der Waals surface area contributed by atoms with Gasteiger partial charge in [0.2, 0.25) is 0 Å². The number of nitrogens with two attached hydrogens (primary N) is 1. The summed E-state index contributed by atoms with van der Waals surface area (Å²) in [4.78, 5) is 4.51. The predicted octanol–water partition coefficient (Wildman–Crippen LogP) is 3.03. The molecule has 0 saturated heterocycles. The van der Waals surface area contributed by atoms with Crippen LogP contribution < -0.4 is 11.3 Å². The van der Waals surface area contributed by atoms with Gasteiger partial charge < -0.3 is 0 Å². The minimum absolute atomic E-state index is 0.216. The number of rotatable bonds is 6. The van der Waals surface area contributed by atoms with Crippen molar-refractivity contribution in [3.8, 4) is 0 Å². The third kappa shape index (κ3) is 3.79. The molecule has 0 amide bonds. The molecule has 0 aliphatic rings. The molecule has 1 aromatic rings. The molecule has 1 aromatic heterocycles. The van der Waals surface area contributed by atoms with E-state index in [-0.39, 0.29) is 6.04 Å². The molecular weight excluding hydrogens is 210 g/mol. The van der Waals surface area contributed by atoms with Crippen LogP contribution in [0.4, 0.5) is 0 Å². The van der Waals surface area contributed by atoms with E-state index in [2.05, 4.69) is 43.3 Å². The van der Waals surface area contributed by atoms with E-state index in [0.717, 1.165) is 23.7 Å². The zero-order chi connectivity index (χ0) is 12.8. The average molecular weight is 235 g/mol. The number of hydrogen-bond donors (Lipinski definition) is 2. The molecule has 17 heavy (non-hydrogen) atoms. The number of hydrogen-bond acceptors (Lipinski definition) is 3. The summed E-state index contributed by atoms with van der Waals surface area (Å²) < 4.78 is 0. The molecule has 1 unspecified atom stereocenters. The van der Waals surface area contributed by atoms with Crippen LogP contribution in [0, 0.1) is 19.8 Å². The molecule has 3 heteroatoms. The van der Waals surface area contributed by atoms with Crippen molar-refractivity contribution in [2.45, 2.75) is 53.0 Å². The van der Waals surface area contributed by atoms with Crippen molar-refractivity contribution in [2.75, 3.05) is 0 Å². The molecule has 0 bridgehead atoms. The lowest BCUT2D eigenvalue weighted by atomic mass is 9.91. The predicted molar refractivity (Wildman–Crippen MR) is 72.5 cm³/mol. The van der Waals surface area contributed by atoms with Gasteiger partial charge in [0.05, 0.1) is 0 Å². The third-order valence-corrected chi connectivity index (χ3v) is 3.57. The molecule has 3 nitrogen and oxygen atoms in total.